The van der Waals surface area contributed by atoms with Crippen LogP contribution in [-0.4, -0.2) is 41.1 Å². The van der Waals surface area contributed by atoms with E-state index in [1.165, 1.54) is 0 Å². The summed E-state index contributed by atoms with van der Waals surface area (Å²) >= 11 is 3.33. The molecule has 1 fully saturated rings. The summed E-state index contributed by atoms with van der Waals surface area (Å²) in [6, 6.07) is 21.7. The normalized spacial score (nSPS) is 23.6. The summed E-state index contributed by atoms with van der Waals surface area (Å²) < 4.78 is 6.25. The highest BCUT2D eigenvalue weighted by molar-refractivity contribution is 9.10. The summed E-state index contributed by atoms with van der Waals surface area (Å²) in [6.45, 7) is 3.10. The van der Waals surface area contributed by atoms with Crippen LogP contribution in [0.4, 0.5) is 0 Å². The number of benzene rings is 3. The molecule has 0 spiro atoms. The van der Waals surface area contributed by atoms with Gasteiger partial charge in [-0.2, -0.15) is 0 Å². The Morgan fingerprint density at radius 3 is 1.66 bits per heavy atom. The minimum absolute atomic E-state index is 0.248. The Kier molecular flexibility index (Phi) is 6.06. The second-order valence-electron chi connectivity index (χ2n) is 10.5. The number of carbonyl (C=O) groups excluding carboxylic acids is 4. The molecule has 0 aromatic heterocycles. The summed E-state index contributed by atoms with van der Waals surface area (Å²) in [4.78, 5) is 55.2. The van der Waals surface area contributed by atoms with Gasteiger partial charge in [-0.1, -0.05) is 90.4 Å². The van der Waals surface area contributed by atoms with E-state index < -0.39 is 30.5 Å². The Labute approximate surface area is 229 Å². The molecular formula is C31H26BrNO5. The number of ether oxygens (including phenoxy) is 1. The first kappa shape index (κ1) is 24.7. The van der Waals surface area contributed by atoms with Crippen LogP contribution in [0.25, 0.3) is 0 Å². The van der Waals surface area contributed by atoms with Crippen LogP contribution in [0.15, 0.2) is 77.3 Å². The van der Waals surface area contributed by atoms with Crippen molar-refractivity contribution in [3.05, 3.63) is 105 Å². The summed E-state index contributed by atoms with van der Waals surface area (Å²) in [5.74, 6) is -3.81. The third kappa shape index (κ3) is 3.67. The number of likely N-dealkylation sites (tertiary alicyclic amines) is 1. The molecule has 0 N–H and O–H groups in total. The van der Waals surface area contributed by atoms with E-state index in [0.717, 1.165) is 31.6 Å². The highest BCUT2D eigenvalue weighted by atomic mass is 79.9. The molecule has 3 aliphatic carbocycles. The fourth-order valence-electron chi connectivity index (χ4n) is 6.59. The number of amides is 2. The third-order valence-electron chi connectivity index (χ3n) is 8.15. The summed E-state index contributed by atoms with van der Waals surface area (Å²) in [6.07, 6.45) is 0. The van der Waals surface area contributed by atoms with E-state index in [0.29, 0.717) is 5.56 Å². The average molecular weight is 572 g/mol. The maximum atomic E-state index is 14.0. The Morgan fingerprint density at radius 2 is 1.24 bits per heavy atom. The first-order chi connectivity index (χ1) is 18.3. The van der Waals surface area contributed by atoms with E-state index in [1.807, 2.05) is 48.5 Å². The Morgan fingerprint density at radius 1 is 0.789 bits per heavy atom. The van der Waals surface area contributed by atoms with Crippen LogP contribution in [0.5, 0.6) is 0 Å². The van der Waals surface area contributed by atoms with Crippen molar-refractivity contribution in [3.63, 3.8) is 0 Å². The molecule has 192 valence electrons. The molecule has 2 bridgehead atoms. The van der Waals surface area contributed by atoms with Gasteiger partial charge >= 0.3 is 5.97 Å². The minimum atomic E-state index is -1.11. The Balaban J connectivity index is 1.31. The Bertz CT molecular complexity index is 1360. The second kappa shape index (κ2) is 9.31. The number of carbonyl (C=O) groups is 4. The summed E-state index contributed by atoms with van der Waals surface area (Å²) in [5.41, 5.74) is 4.70. The van der Waals surface area contributed by atoms with Crippen molar-refractivity contribution in [2.24, 2.45) is 17.8 Å². The van der Waals surface area contributed by atoms with Crippen molar-refractivity contribution in [1.82, 2.24) is 4.90 Å². The van der Waals surface area contributed by atoms with Gasteiger partial charge in [0.2, 0.25) is 11.8 Å². The van der Waals surface area contributed by atoms with E-state index in [2.05, 4.69) is 15.9 Å². The first-order valence-corrected chi connectivity index (χ1v) is 13.6. The van der Waals surface area contributed by atoms with Crippen molar-refractivity contribution in [2.45, 2.75) is 31.7 Å². The van der Waals surface area contributed by atoms with Gasteiger partial charge in [0.15, 0.2) is 12.4 Å². The van der Waals surface area contributed by atoms with Crippen LogP contribution in [-0.2, 0) is 19.1 Å². The fraction of sp³-hybridized carbons (Fsp3) is 0.290. The quantitative estimate of drug-likeness (QED) is 0.234. The number of esters is 1. The summed E-state index contributed by atoms with van der Waals surface area (Å²) in [5, 5.41) is 0. The molecule has 0 unspecified atom stereocenters. The van der Waals surface area contributed by atoms with Gasteiger partial charge in [0, 0.05) is 21.9 Å². The highest BCUT2D eigenvalue weighted by Crippen LogP contribution is 2.61. The van der Waals surface area contributed by atoms with Crippen LogP contribution in [0.3, 0.4) is 0 Å². The maximum Gasteiger partial charge on any atom is 0.330 e. The predicted octanol–water partition coefficient (Wildman–Crippen LogP) is 5.09. The number of halogens is 1. The predicted molar refractivity (Wildman–Crippen MR) is 143 cm³/mol. The van der Waals surface area contributed by atoms with Crippen LogP contribution >= 0.6 is 15.9 Å². The van der Waals surface area contributed by atoms with Crippen molar-refractivity contribution in [2.75, 3.05) is 6.61 Å². The lowest BCUT2D eigenvalue weighted by molar-refractivity contribution is -0.160. The van der Waals surface area contributed by atoms with Gasteiger partial charge in [0.1, 0.15) is 6.04 Å². The molecule has 1 heterocycles. The maximum absolute atomic E-state index is 14.0. The molecular weight excluding hydrogens is 546 g/mol. The minimum Gasteiger partial charge on any atom is -0.456 e. The number of imide groups is 1. The third-order valence-corrected chi connectivity index (χ3v) is 8.67. The molecule has 7 rings (SSSR count). The number of nitrogens with zero attached hydrogens (tertiary/aromatic N) is 1. The number of Topliss-reactive ketones (excluding diaryl/α,β-unsaturated/α-hetero) is 1. The SMILES string of the molecule is CC(C)[C@@H](C(=O)OCC(=O)c1ccc(Br)cc1)N1C(=O)[C@H]2C3c4ccccc4C(c4ccccc43)[C@@H]2C1=O. The number of hydrogen-bond acceptors (Lipinski definition) is 5. The van der Waals surface area contributed by atoms with Crippen molar-refractivity contribution in [1.29, 1.82) is 0 Å². The molecule has 1 aliphatic heterocycles. The van der Waals surface area contributed by atoms with Crippen molar-refractivity contribution >= 4 is 39.5 Å². The van der Waals surface area contributed by atoms with Gasteiger partial charge in [-0.15, -0.1) is 0 Å². The monoisotopic (exact) mass is 571 g/mol. The molecule has 7 heteroatoms. The van der Waals surface area contributed by atoms with Gasteiger partial charge in [0.25, 0.3) is 0 Å². The molecule has 3 aromatic carbocycles. The molecule has 0 saturated carbocycles. The van der Waals surface area contributed by atoms with E-state index in [9.17, 15) is 19.2 Å². The van der Waals surface area contributed by atoms with Gasteiger partial charge in [0.05, 0.1) is 11.8 Å². The molecule has 6 nitrogen and oxygen atoms in total. The lowest BCUT2D eigenvalue weighted by Crippen LogP contribution is -2.49. The Hall–Kier alpha value is -3.58. The fourth-order valence-corrected chi connectivity index (χ4v) is 6.86. The molecule has 4 aliphatic rings. The standard InChI is InChI=1S/C31H26BrNO5/c1-16(2)28(31(37)38-15-23(34)17-11-13-18(32)14-12-17)33-29(35)26-24-19-7-3-4-8-20(19)25(27(26)30(33)36)22-10-6-5-9-21(22)24/h3-14,16,24-28H,15H2,1-2H3/t24?,25?,26-,27-,28-/m0/s1. The van der Waals surface area contributed by atoms with Crippen LogP contribution in [0.2, 0.25) is 0 Å². The zero-order valence-electron chi connectivity index (χ0n) is 21.0. The van der Waals surface area contributed by atoms with E-state index in [4.69, 9.17) is 4.74 Å². The zero-order chi connectivity index (χ0) is 26.7. The van der Waals surface area contributed by atoms with Crippen LogP contribution < -0.4 is 0 Å². The lowest BCUT2D eigenvalue weighted by atomic mass is 9.55. The number of ketones is 1. The largest absolute Gasteiger partial charge is 0.456 e. The van der Waals surface area contributed by atoms with Crippen molar-refractivity contribution in [3.8, 4) is 0 Å². The second-order valence-corrected chi connectivity index (χ2v) is 11.5. The van der Waals surface area contributed by atoms with Gasteiger partial charge < -0.3 is 4.74 Å². The van der Waals surface area contributed by atoms with E-state index in [-0.39, 0.29) is 35.4 Å². The topological polar surface area (TPSA) is 80.8 Å². The van der Waals surface area contributed by atoms with Crippen LogP contribution in [0, 0.1) is 17.8 Å². The zero-order valence-corrected chi connectivity index (χ0v) is 22.6. The summed E-state index contributed by atoms with van der Waals surface area (Å²) in [7, 11) is 0. The molecule has 3 atom stereocenters. The molecule has 1 saturated heterocycles. The van der Waals surface area contributed by atoms with Crippen LogP contribution in [0.1, 0.15) is 58.3 Å². The highest BCUT2D eigenvalue weighted by Gasteiger charge is 2.63. The molecule has 38 heavy (non-hydrogen) atoms. The number of rotatable bonds is 6. The van der Waals surface area contributed by atoms with E-state index in [1.54, 1.807) is 38.1 Å². The van der Waals surface area contributed by atoms with Gasteiger partial charge in [-0.25, -0.2) is 4.79 Å². The molecule has 2 amide bonds. The smallest absolute Gasteiger partial charge is 0.330 e. The first-order valence-electron chi connectivity index (χ1n) is 12.8. The van der Waals surface area contributed by atoms with E-state index >= 15 is 0 Å². The average Bonchev–Trinajstić information content (AvgIpc) is 3.18. The van der Waals surface area contributed by atoms with Gasteiger partial charge in [-0.05, 0) is 40.3 Å². The van der Waals surface area contributed by atoms with Crippen molar-refractivity contribution < 1.29 is 23.9 Å². The molecule has 0 radical (unpaired) electrons. The van der Waals surface area contributed by atoms with Gasteiger partial charge in [-0.3, -0.25) is 19.3 Å². The molecule has 3 aromatic rings. The lowest BCUT2D eigenvalue weighted by Gasteiger charge is -2.45. The number of hydrogen-bond donors (Lipinski definition) is 0.